The van der Waals surface area contributed by atoms with E-state index in [4.69, 9.17) is 16.3 Å². The van der Waals surface area contributed by atoms with Gasteiger partial charge in [0.2, 0.25) is 5.91 Å². The fourth-order valence-electron chi connectivity index (χ4n) is 4.01. The number of rotatable bonds is 4. The van der Waals surface area contributed by atoms with E-state index in [2.05, 4.69) is 27.1 Å². The zero-order chi connectivity index (χ0) is 21.5. The standard InChI is InChI=1S/C23H18ClFN4O2/c1-31-23-27-9-17(10-28-23)22-18-6-16-12-29(11-13-2-3-20(25)19(24)4-13)21(30)7-14(16)5-15(18)8-26-22/h2-6,9-10H,7-8,11-12H2,1H3. The van der Waals surface area contributed by atoms with Crippen molar-refractivity contribution in [1.82, 2.24) is 14.9 Å². The number of aliphatic imine (C=N–C) groups is 1. The third kappa shape index (κ3) is 3.65. The molecule has 0 N–H and O–H groups in total. The van der Waals surface area contributed by atoms with Gasteiger partial charge in [0.1, 0.15) is 5.82 Å². The van der Waals surface area contributed by atoms with Gasteiger partial charge in [-0.05, 0) is 40.5 Å². The molecule has 0 saturated carbocycles. The first kappa shape index (κ1) is 19.6. The van der Waals surface area contributed by atoms with Crippen molar-refractivity contribution in [3.05, 3.63) is 86.9 Å². The fraction of sp³-hybridized carbons (Fsp3) is 0.217. The summed E-state index contributed by atoms with van der Waals surface area (Å²) in [5, 5.41) is 0.0581. The summed E-state index contributed by atoms with van der Waals surface area (Å²) in [6.45, 7) is 1.42. The highest BCUT2D eigenvalue weighted by Gasteiger charge is 2.27. The van der Waals surface area contributed by atoms with Crippen LogP contribution in [0.4, 0.5) is 4.39 Å². The molecular formula is C23H18ClFN4O2. The molecule has 2 aromatic carbocycles. The lowest BCUT2D eigenvalue weighted by atomic mass is 9.91. The number of halogens is 2. The molecule has 2 aliphatic heterocycles. The number of benzene rings is 2. The fourth-order valence-corrected chi connectivity index (χ4v) is 4.22. The van der Waals surface area contributed by atoms with E-state index in [9.17, 15) is 9.18 Å². The van der Waals surface area contributed by atoms with Gasteiger partial charge in [-0.1, -0.05) is 23.7 Å². The molecule has 3 heterocycles. The molecule has 0 aliphatic carbocycles. The van der Waals surface area contributed by atoms with Crippen LogP contribution in [0.5, 0.6) is 6.01 Å². The Kier molecular flexibility index (Phi) is 4.90. The number of hydrogen-bond donors (Lipinski definition) is 0. The number of nitrogens with zero attached hydrogens (tertiary/aromatic N) is 4. The van der Waals surface area contributed by atoms with Crippen LogP contribution in [0.3, 0.4) is 0 Å². The summed E-state index contributed by atoms with van der Waals surface area (Å²) in [4.78, 5) is 27.5. The molecule has 31 heavy (non-hydrogen) atoms. The van der Waals surface area contributed by atoms with Gasteiger partial charge in [0.25, 0.3) is 0 Å². The molecule has 0 saturated heterocycles. The van der Waals surface area contributed by atoms with Crippen molar-refractivity contribution in [2.45, 2.75) is 26.1 Å². The average Bonchev–Trinajstić information content (AvgIpc) is 3.18. The lowest BCUT2D eigenvalue weighted by Crippen LogP contribution is -2.35. The topological polar surface area (TPSA) is 67.7 Å². The number of amides is 1. The van der Waals surface area contributed by atoms with Crippen molar-refractivity contribution in [2.24, 2.45) is 4.99 Å². The number of fused-ring (bicyclic) bond motifs is 2. The van der Waals surface area contributed by atoms with Crippen molar-refractivity contribution in [2.75, 3.05) is 7.11 Å². The second-order valence-corrected chi connectivity index (χ2v) is 7.98. The number of aromatic nitrogens is 2. The molecule has 0 atom stereocenters. The van der Waals surface area contributed by atoms with E-state index in [1.165, 1.54) is 13.2 Å². The maximum atomic E-state index is 13.5. The van der Waals surface area contributed by atoms with E-state index < -0.39 is 5.82 Å². The Hall–Kier alpha value is -3.32. The van der Waals surface area contributed by atoms with Gasteiger partial charge in [-0.15, -0.1) is 0 Å². The molecule has 0 bridgehead atoms. The van der Waals surface area contributed by atoms with Crippen LogP contribution in [0.15, 0.2) is 47.7 Å². The summed E-state index contributed by atoms with van der Waals surface area (Å²) in [6, 6.07) is 9.04. The second-order valence-electron chi connectivity index (χ2n) is 7.58. The first-order valence-corrected chi connectivity index (χ1v) is 10.2. The van der Waals surface area contributed by atoms with E-state index in [-0.39, 0.29) is 10.9 Å². The van der Waals surface area contributed by atoms with Gasteiger partial charge in [0.15, 0.2) is 0 Å². The van der Waals surface area contributed by atoms with Crippen molar-refractivity contribution in [1.29, 1.82) is 0 Å². The Balaban J connectivity index is 1.42. The molecule has 5 rings (SSSR count). The van der Waals surface area contributed by atoms with E-state index in [1.807, 2.05) is 0 Å². The van der Waals surface area contributed by atoms with Crippen molar-refractivity contribution in [3.63, 3.8) is 0 Å². The summed E-state index contributed by atoms with van der Waals surface area (Å²) in [7, 11) is 1.52. The van der Waals surface area contributed by atoms with Crippen LogP contribution in [0.1, 0.15) is 33.4 Å². The van der Waals surface area contributed by atoms with Crippen LogP contribution in [0.2, 0.25) is 5.02 Å². The summed E-state index contributed by atoms with van der Waals surface area (Å²) < 4.78 is 18.5. The van der Waals surface area contributed by atoms with Crippen molar-refractivity contribution in [3.8, 4) is 6.01 Å². The van der Waals surface area contributed by atoms with Crippen molar-refractivity contribution >= 4 is 23.2 Å². The van der Waals surface area contributed by atoms with Gasteiger partial charge in [0.05, 0.1) is 30.8 Å². The zero-order valence-corrected chi connectivity index (χ0v) is 17.5. The SMILES string of the molecule is COc1ncc(C2=NCc3cc4c(cc32)CN(Cc2ccc(F)c(Cl)c2)C(=O)C4)cn1. The molecule has 3 aromatic rings. The Morgan fingerprint density at radius 1 is 1.13 bits per heavy atom. The third-order valence-electron chi connectivity index (χ3n) is 5.59. The number of methoxy groups -OCH3 is 1. The molecule has 0 radical (unpaired) electrons. The minimum atomic E-state index is -0.467. The van der Waals surface area contributed by atoms with Gasteiger partial charge >= 0.3 is 6.01 Å². The molecule has 0 fully saturated rings. The maximum Gasteiger partial charge on any atom is 0.316 e. The Bertz CT molecular complexity index is 1230. The Morgan fingerprint density at radius 3 is 2.68 bits per heavy atom. The number of carbonyl (C=O) groups excluding carboxylic acids is 1. The summed E-state index contributed by atoms with van der Waals surface area (Å²) in [6.07, 6.45) is 3.74. The molecule has 1 aromatic heterocycles. The quantitative estimate of drug-likeness (QED) is 0.625. The smallest absolute Gasteiger partial charge is 0.316 e. The average molecular weight is 437 g/mol. The van der Waals surface area contributed by atoms with Gasteiger partial charge in [-0.3, -0.25) is 9.79 Å². The molecule has 2 aliphatic rings. The molecule has 0 unspecified atom stereocenters. The highest BCUT2D eigenvalue weighted by molar-refractivity contribution is 6.30. The molecule has 8 heteroatoms. The lowest BCUT2D eigenvalue weighted by molar-refractivity contribution is -0.132. The van der Waals surface area contributed by atoms with E-state index >= 15 is 0 Å². The monoisotopic (exact) mass is 436 g/mol. The predicted octanol–water partition coefficient (Wildman–Crippen LogP) is 3.71. The van der Waals surface area contributed by atoms with Crippen molar-refractivity contribution < 1.29 is 13.9 Å². The minimum Gasteiger partial charge on any atom is -0.467 e. The van der Waals surface area contributed by atoms with Crippen LogP contribution < -0.4 is 4.74 Å². The number of hydrogen-bond acceptors (Lipinski definition) is 5. The second kappa shape index (κ2) is 7.74. The summed E-state index contributed by atoms with van der Waals surface area (Å²) >= 11 is 5.90. The molecule has 6 nitrogen and oxygen atoms in total. The Morgan fingerprint density at radius 2 is 1.94 bits per heavy atom. The minimum absolute atomic E-state index is 0.0376. The van der Waals surface area contributed by atoms with Crippen LogP contribution in [0, 0.1) is 5.82 Å². The normalized spacial score (nSPS) is 14.9. The van der Waals surface area contributed by atoms with Crippen LogP contribution in [0.25, 0.3) is 0 Å². The largest absolute Gasteiger partial charge is 0.467 e. The molecule has 156 valence electrons. The van der Waals surface area contributed by atoms with Gasteiger partial charge in [-0.25, -0.2) is 14.4 Å². The van der Waals surface area contributed by atoms with E-state index in [0.29, 0.717) is 32.1 Å². The predicted molar refractivity (Wildman–Crippen MR) is 114 cm³/mol. The summed E-state index contributed by atoms with van der Waals surface area (Å²) in [5.41, 5.74) is 6.69. The highest BCUT2D eigenvalue weighted by Crippen LogP contribution is 2.30. The van der Waals surface area contributed by atoms with E-state index in [0.717, 1.165) is 39.1 Å². The molecule has 0 spiro atoms. The van der Waals surface area contributed by atoms with Gasteiger partial charge in [-0.2, -0.15) is 0 Å². The number of ether oxygens (including phenoxy) is 1. The highest BCUT2D eigenvalue weighted by atomic mass is 35.5. The molecular weight excluding hydrogens is 419 g/mol. The van der Waals surface area contributed by atoms with Crippen LogP contribution in [-0.2, 0) is 30.8 Å². The summed E-state index contributed by atoms with van der Waals surface area (Å²) in [5.74, 6) is -0.429. The number of carbonyl (C=O) groups is 1. The van der Waals surface area contributed by atoms with Gasteiger partial charge in [0, 0.05) is 36.6 Å². The molecule has 1 amide bonds. The maximum absolute atomic E-state index is 13.5. The Labute approximate surface area is 183 Å². The zero-order valence-electron chi connectivity index (χ0n) is 16.7. The first-order valence-electron chi connectivity index (χ1n) is 9.79. The van der Waals surface area contributed by atoms with E-state index in [1.54, 1.807) is 29.4 Å². The van der Waals surface area contributed by atoms with Crippen LogP contribution >= 0.6 is 11.6 Å². The van der Waals surface area contributed by atoms with Crippen LogP contribution in [-0.4, -0.2) is 33.6 Å². The first-order chi connectivity index (χ1) is 15.0. The third-order valence-corrected chi connectivity index (χ3v) is 5.87. The van der Waals surface area contributed by atoms with Gasteiger partial charge < -0.3 is 9.64 Å². The lowest BCUT2D eigenvalue weighted by Gasteiger charge is -2.29.